The first kappa shape index (κ1) is 8.59. The highest BCUT2D eigenvalue weighted by molar-refractivity contribution is 5.21. The number of hydrogen-bond acceptors (Lipinski definition) is 0. The van der Waals surface area contributed by atoms with Gasteiger partial charge in [-0.3, -0.25) is 0 Å². The van der Waals surface area contributed by atoms with Crippen LogP contribution in [0.2, 0.25) is 0 Å². The van der Waals surface area contributed by atoms with Gasteiger partial charge in [-0.2, -0.15) is 0 Å². The normalized spacial score (nSPS) is 44.5. The fraction of sp³-hybridized carbons (Fsp3) is 1.00. The summed E-state index contributed by atoms with van der Waals surface area (Å²) in [7, 11) is 0. The maximum atomic E-state index is 2.47. The Balaban J connectivity index is 1.87. The van der Waals surface area contributed by atoms with Crippen molar-refractivity contribution >= 4 is 0 Å². The Labute approximate surface area is 76.7 Å². The zero-order chi connectivity index (χ0) is 9.09. The summed E-state index contributed by atoms with van der Waals surface area (Å²) in [5, 5.41) is 0. The lowest BCUT2D eigenvalue weighted by Gasteiger charge is -2.31. The molecule has 2 atom stereocenters. The van der Waals surface area contributed by atoms with E-state index in [1.54, 1.807) is 0 Å². The Kier molecular flexibility index (Phi) is 1.63. The minimum Gasteiger partial charge on any atom is -0.0628 e. The first-order valence-electron chi connectivity index (χ1n) is 5.45. The summed E-state index contributed by atoms with van der Waals surface area (Å²) >= 11 is 0. The van der Waals surface area contributed by atoms with Gasteiger partial charge in [0, 0.05) is 0 Å². The molecule has 0 aromatic carbocycles. The summed E-state index contributed by atoms with van der Waals surface area (Å²) in [6.45, 7) is 12.0. The van der Waals surface area contributed by atoms with Crippen LogP contribution in [-0.2, 0) is 0 Å². The molecule has 2 unspecified atom stereocenters. The van der Waals surface area contributed by atoms with Crippen LogP contribution >= 0.6 is 0 Å². The molecule has 2 rings (SSSR count). The first-order chi connectivity index (χ1) is 5.45. The van der Waals surface area contributed by atoms with E-state index in [0.29, 0.717) is 5.41 Å². The van der Waals surface area contributed by atoms with E-state index in [2.05, 4.69) is 34.6 Å². The quantitative estimate of drug-likeness (QED) is 0.601. The largest absolute Gasteiger partial charge is 0.0628 e. The monoisotopic (exact) mass is 166 g/mol. The minimum absolute atomic E-state index is 0.635. The highest BCUT2D eigenvalue weighted by atomic mass is 14.8. The summed E-state index contributed by atoms with van der Waals surface area (Å²) in [6, 6.07) is 0. The second-order valence-corrected chi connectivity index (χ2v) is 6.13. The van der Waals surface area contributed by atoms with Gasteiger partial charge in [-0.15, -0.1) is 0 Å². The average molecular weight is 166 g/mol. The Morgan fingerprint density at radius 3 is 2.00 bits per heavy atom. The van der Waals surface area contributed by atoms with Crippen LogP contribution in [0.1, 0.15) is 41.0 Å². The summed E-state index contributed by atoms with van der Waals surface area (Å²) in [4.78, 5) is 0. The van der Waals surface area contributed by atoms with E-state index in [1.807, 2.05) is 0 Å². The Hall–Kier alpha value is 0. The molecular weight excluding hydrogens is 144 g/mol. The molecule has 0 nitrogen and oxygen atoms in total. The predicted octanol–water partition coefficient (Wildman–Crippen LogP) is 3.57. The van der Waals surface area contributed by atoms with Crippen LogP contribution in [0, 0.1) is 35.0 Å². The van der Waals surface area contributed by atoms with Gasteiger partial charge in [-0.25, -0.2) is 0 Å². The summed E-state index contributed by atoms with van der Waals surface area (Å²) in [6.07, 6.45) is 1.41. The van der Waals surface area contributed by atoms with E-state index in [9.17, 15) is 0 Å². The van der Waals surface area contributed by atoms with Crippen molar-refractivity contribution in [2.75, 3.05) is 0 Å². The van der Waals surface area contributed by atoms with Gasteiger partial charge in [0.25, 0.3) is 0 Å². The first-order valence-corrected chi connectivity index (χ1v) is 5.45. The Bertz CT molecular complexity index is 180. The van der Waals surface area contributed by atoms with Crippen LogP contribution in [0.25, 0.3) is 0 Å². The molecule has 0 heteroatoms. The number of rotatable bonds is 3. The van der Waals surface area contributed by atoms with Gasteiger partial charge in [0.2, 0.25) is 0 Å². The minimum atomic E-state index is 0.635. The molecule has 0 radical (unpaired) electrons. The zero-order valence-electron chi connectivity index (χ0n) is 9.09. The van der Waals surface area contributed by atoms with Crippen molar-refractivity contribution in [1.82, 2.24) is 0 Å². The van der Waals surface area contributed by atoms with Crippen molar-refractivity contribution in [3.63, 3.8) is 0 Å². The summed E-state index contributed by atoms with van der Waals surface area (Å²) in [5.74, 6) is 5.32. The standard InChI is InChI=1S/C12H22/c1-7(2)6-12(4,5)11-9-8(3)10(9)11/h7-11H,6H2,1-5H3. The number of hydrogen-bond donors (Lipinski definition) is 0. The van der Waals surface area contributed by atoms with E-state index in [1.165, 1.54) is 6.42 Å². The van der Waals surface area contributed by atoms with Crippen molar-refractivity contribution in [3.05, 3.63) is 0 Å². The third-order valence-corrected chi connectivity index (χ3v) is 4.04. The lowest BCUT2D eigenvalue weighted by molar-refractivity contribution is 0.186. The molecular formula is C12H22. The third-order valence-electron chi connectivity index (χ3n) is 4.04. The van der Waals surface area contributed by atoms with Gasteiger partial charge in [0.05, 0.1) is 0 Å². The van der Waals surface area contributed by atoms with Crippen molar-refractivity contribution in [2.24, 2.45) is 35.0 Å². The molecule has 2 fully saturated rings. The van der Waals surface area contributed by atoms with E-state index >= 15 is 0 Å². The van der Waals surface area contributed by atoms with E-state index in [-0.39, 0.29) is 0 Å². The zero-order valence-corrected chi connectivity index (χ0v) is 9.09. The fourth-order valence-corrected chi connectivity index (χ4v) is 3.62. The molecule has 0 amide bonds. The molecule has 0 N–H and O–H groups in total. The molecule has 0 saturated heterocycles. The molecule has 2 saturated carbocycles. The molecule has 0 bridgehead atoms. The van der Waals surface area contributed by atoms with E-state index in [4.69, 9.17) is 0 Å². The molecule has 12 heavy (non-hydrogen) atoms. The lowest BCUT2D eigenvalue weighted by atomic mass is 9.74. The third kappa shape index (κ3) is 1.11. The Morgan fingerprint density at radius 2 is 1.67 bits per heavy atom. The highest BCUT2D eigenvalue weighted by Crippen LogP contribution is 2.78. The second-order valence-electron chi connectivity index (χ2n) is 6.13. The SMILES string of the molecule is CC(C)CC(C)(C)C1C2C(C)C21. The Morgan fingerprint density at radius 1 is 1.17 bits per heavy atom. The highest BCUT2D eigenvalue weighted by Gasteiger charge is 2.74. The van der Waals surface area contributed by atoms with Crippen LogP contribution in [0.5, 0.6) is 0 Å². The second kappa shape index (κ2) is 2.27. The predicted molar refractivity (Wildman–Crippen MR) is 52.9 cm³/mol. The van der Waals surface area contributed by atoms with Crippen LogP contribution < -0.4 is 0 Å². The molecule has 0 aliphatic heterocycles. The maximum absolute atomic E-state index is 2.47. The molecule has 2 aliphatic rings. The van der Waals surface area contributed by atoms with Crippen molar-refractivity contribution in [2.45, 2.75) is 41.0 Å². The van der Waals surface area contributed by atoms with Crippen LogP contribution in [0.4, 0.5) is 0 Å². The van der Waals surface area contributed by atoms with Gasteiger partial charge < -0.3 is 0 Å². The topological polar surface area (TPSA) is 0 Å². The van der Waals surface area contributed by atoms with Gasteiger partial charge >= 0.3 is 0 Å². The van der Waals surface area contributed by atoms with Crippen molar-refractivity contribution < 1.29 is 0 Å². The van der Waals surface area contributed by atoms with Crippen LogP contribution in [-0.4, -0.2) is 0 Å². The van der Waals surface area contributed by atoms with Crippen LogP contribution in [0.15, 0.2) is 0 Å². The molecule has 0 spiro atoms. The smallest absolute Gasteiger partial charge is 0.0295 e. The molecule has 0 aromatic rings. The van der Waals surface area contributed by atoms with Gasteiger partial charge in [0.15, 0.2) is 0 Å². The molecule has 2 aliphatic carbocycles. The van der Waals surface area contributed by atoms with E-state index < -0.39 is 0 Å². The summed E-state index contributed by atoms with van der Waals surface area (Å²) in [5.41, 5.74) is 0.635. The summed E-state index contributed by atoms with van der Waals surface area (Å²) < 4.78 is 0. The molecule has 70 valence electrons. The van der Waals surface area contributed by atoms with Gasteiger partial charge in [-0.1, -0.05) is 34.6 Å². The van der Waals surface area contributed by atoms with E-state index in [0.717, 1.165) is 29.6 Å². The van der Waals surface area contributed by atoms with Crippen molar-refractivity contribution in [1.29, 1.82) is 0 Å². The maximum Gasteiger partial charge on any atom is -0.0295 e. The van der Waals surface area contributed by atoms with Gasteiger partial charge in [-0.05, 0) is 41.4 Å². The van der Waals surface area contributed by atoms with Gasteiger partial charge in [0.1, 0.15) is 0 Å². The number of fused-ring (bicyclic) bond motifs is 1. The lowest BCUT2D eigenvalue weighted by Crippen LogP contribution is -2.23. The fourth-order valence-electron chi connectivity index (χ4n) is 3.62. The van der Waals surface area contributed by atoms with Crippen molar-refractivity contribution in [3.8, 4) is 0 Å². The molecule has 0 aromatic heterocycles. The van der Waals surface area contributed by atoms with Crippen LogP contribution in [0.3, 0.4) is 0 Å². The molecule has 0 heterocycles. The average Bonchev–Trinajstić information content (AvgIpc) is 2.67.